The highest BCUT2D eigenvalue weighted by Crippen LogP contribution is 2.29. The highest BCUT2D eigenvalue weighted by atomic mass is 35.5. The van der Waals surface area contributed by atoms with E-state index >= 15 is 0 Å². The summed E-state index contributed by atoms with van der Waals surface area (Å²) >= 11 is 11.9. The van der Waals surface area contributed by atoms with Gasteiger partial charge in [0.1, 0.15) is 12.1 Å². The molecule has 5 nitrogen and oxygen atoms in total. The van der Waals surface area contributed by atoms with Crippen molar-refractivity contribution >= 4 is 40.9 Å². The number of anilines is 1. The molecule has 7 heteroatoms. The van der Waals surface area contributed by atoms with Crippen LogP contribution in [-0.4, -0.2) is 36.1 Å². The minimum atomic E-state index is -0.617. The zero-order chi connectivity index (χ0) is 16.2. The number of hydrogen-bond acceptors (Lipinski definition) is 3. The third kappa shape index (κ3) is 5.81. The molecular weight excluding hydrogens is 315 g/mol. The molecule has 0 heterocycles. The molecular formula is C14H18Cl2N2O3. The number of nitrogens with one attached hydrogen (secondary N) is 1. The number of ether oxygens (including phenoxy) is 1. The summed E-state index contributed by atoms with van der Waals surface area (Å²) in [4.78, 5) is 24.8. The maximum absolute atomic E-state index is 11.9. The summed E-state index contributed by atoms with van der Waals surface area (Å²) in [6.45, 7) is 5.09. The Balaban J connectivity index is 2.64. The standard InChI is InChI=1S/C14H18Cl2N2O3/c1-14(2,3)21-13(20)18(4)8-11(19)17-12-9(15)6-5-7-10(12)16/h5-7H,8H2,1-4H3,(H,17,19). The summed E-state index contributed by atoms with van der Waals surface area (Å²) in [6.07, 6.45) is -0.581. The van der Waals surface area contributed by atoms with Crippen molar-refractivity contribution in [2.45, 2.75) is 26.4 Å². The van der Waals surface area contributed by atoms with E-state index in [0.717, 1.165) is 0 Å². The molecule has 0 unspecified atom stereocenters. The molecule has 0 saturated carbocycles. The van der Waals surface area contributed by atoms with Crippen molar-refractivity contribution in [3.8, 4) is 0 Å². The maximum atomic E-state index is 11.9. The average molecular weight is 333 g/mol. The summed E-state index contributed by atoms with van der Waals surface area (Å²) in [6, 6.07) is 4.90. The molecule has 0 atom stereocenters. The van der Waals surface area contributed by atoms with Crippen LogP contribution < -0.4 is 5.32 Å². The van der Waals surface area contributed by atoms with Crippen LogP contribution in [0, 0.1) is 0 Å². The Morgan fingerprint density at radius 3 is 2.24 bits per heavy atom. The largest absolute Gasteiger partial charge is 0.444 e. The number of carbonyl (C=O) groups is 2. The maximum Gasteiger partial charge on any atom is 0.410 e. The van der Waals surface area contributed by atoms with E-state index in [1.807, 2.05) is 0 Å². The molecule has 0 aromatic heterocycles. The van der Waals surface area contributed by atoms with E-state index in [2.05, 4.69) is 5.32 Å². The van der Waals surface area contributed by atoms with Gasteiger partial charge in [0.2, 0.25) is 5.91 Å². The van der Waals surface area contributed by atoms with Gasteiger partial charge >= 0.3 is 6.09 Å². The van der Waals surface area contributed by atoms with Gasteiger partial charge in [-0.1, -0.05) is 29.3 Å². The van der Waals surface area contributed by atoms with Crippen LogP contribution in [0.2, 0.25) is 10.0 Å². The molecule has 0 saturated heterocycles. The second kappa shape index (κ2) is 7.00. The highest BCUT2D eigenvalue weighted by molar-refractivity contribution is 6.39. The minimum absolute atomic E-state index is 0.170. The number of rotatable bonds is 3. The predicted molar refractivity (Wildman–Crippen MR) is 84.0 cm³/mol. The van der Waals surface area contributed by atoms with Gasteiger partial charge in [0, 0.05) is 7.05 Å². The fraction of sp³-hybridized carbons (Fsp3) is 0.429. The van der Waals surface area contributed by atoms with Crippen LogP contribution in [-0.2, 0) is 9.53 Å². The lowest BCUT2D eigenvalue weighted by Crippen LogP contribution is -2.38. The first-order valence-corrected chi connectivity index (χ1v) is 7.04. The third-order valence-electron chi connectivity index (χ3n) is 2.31. The molecule has 0 fully saturated rings. The van der Waals surface area contributed by atoms with Gasteiger partial charge < -0.3 is 15.0 Å². The summed E-state index contributed by atoms with van der Waals surface area (Å²) in [5, 5.41) is 3.23. The summed E-state index contributed by atoms with van der Waals surface area (Å²) in [5.41, 5.74) is -0.295. The number of benzene rings is 1. The van der Waals surface area contributed by atoms with Crippen molar-refractivity contribution in [2.24, 2.45) is 0 Å². The summed E-state index contributed by atoms with van der Waals surface area (Å²) in [5.74, 6) is -0.418. The number of para-hydroxylation sites is 1. The lowest BCUT2D eigenvalue weighted by molar-refractivity contribution is -0.117. The van der Waals surface area contributed by atoms with Crippen LogP contribution in [0.25, 0.3) is 0 Å². The number of likely N-dealkylation sites (N-methyl/N-ethyl adjacent to an activating group) is 1. The van der Waals surface area contributed by atoms with Gasteiger partial charge in [-0.15, -0.1) is 0 Å². The van der Waals surface area contributed by atoms with Crippen molar-refractivity contribution in [2.75, 3.05) is 18.9 Å². The van der Waals surface area contributed by atoms with Crippen molar-refractivity contribution in [1.29, 1.82) is 0 Å². The fourth-order valence-corrected chi connectivity index (χ4v) is 1.91. The first-order valence-electron chi connectivity index (χ1n) is 6.28. The van der Waals surface area contributed by atoms with Crippen LogP contribution in [0.1, 0.15) is 20.8 Å². The van der Waals surface area contributed by atoms with Gasteiger partial charge in [0.15, 0.2) is 0 Å². The Bertz CT molecular complexity index is 521. The molecule has 0 bridgehead atoms. The number of nitrogens with zero attached hydrogens (tertiary/aromatic N) is 1. The van der Waals surface area contributed by atoms with E-state index in [1.165, 1.54) is 11.9 Å². The Kier molecular flexibility index (Phi) is 5.87. The predicted octanol–water partition coefficient (Wildman–Crippen LogP) is 3.80. The van der Waals surface area contributed by atoms with E-state index < -0.39 is 17.6 Å². The zero-order valence-corrected chi connectivity index (χ0v) is 13.9. The molecule has 1 aromatic carbocycles. The number of hydrogen-bond donors (Lipinski definition) is 1. The molecule has 116 valence electrons. The Labute approximate surface area is 134 Å². The van der Waals surface area contributed by atoms with Crippen molar-refractivity contribution in [1.82, 2.24) is 4.90 Å². The second-order valence-corrected chi connectivity index (χ2v) is 6.30. The molecule has 0 radical (unpaired) electrons. The van der Waals surface area contributed by atoms with Crippen LogP contribution in [0.4, 0.5) is 10.5 Å². The number of halogens is 2. The van der Waals surface area contributed by atoms with E-state index in [4.69, 9.17) is 27.9 Å². The van der Waals surface area contributed by atoms with E-state index in [1.54, 1.807) is 39.0 Å². The average Bonchev–Trinajstić information content (AvgIpc) is 2.31. The van der Waals surface area contributed by atoms with Crippen LogP contribution in [0.5, 0.6) is 0 Å². The normalized spacial score (nSPS) is 11.0. The smallest absolute Gasteiger partial charge is 0.410 e. The second-order valence-electron chi connectivity index (χ2n) is 5.48. The van der Waals surface area contributed by atoms with E-state index in [-0.39, 0.29) is 6.54 Å². The van der Waals surface area contributed by atoms with E-state index in [9.17, 15) is 9.59 Å². The third-order valence-corrected chi connectivity index (χ3v) is 2.94. The van der Waals surface area contributed by atoms with Gasteiger partial charge in [0.05, 0.1) is 15.7 Å². The molecule has 1 rings (SSSR count). The van der Waals surface area contributed by atoms with E-state index in [0.29, 0.717) is 15.7 Å². The zero-order valence-electron chi connectivity index (χ0n) is 12.4. The van der Waals surface area contributed by atoms with Crippen LogP contribution in [0.3, 0.4) is 0 Å². The van der Waals surface area contributed by atoms with Crippen molar-refractivity contribution in [3.05, 3.63) is 28.2 Å². The first kappa shape index (κ1) is 17.6. The highest BCUT2D eigenvalue weighted by Gasteiger charge is 2.21. The van der Waals surface area contributed by atoms with Gasteiger partial charge in [-0.25, -0.2) is 4.79 Å². The lowest BCUT2D eigenvalue weighted by Gasteiger charge is -2.24. The molecule has 0 spiro atoms. The molecule has 0 aliphatic rings. The van der Waals surface area contributed by atoms with Crippen molar-refractivity contribution < 1.29 is 14.3 Å². The van der Waals surface area contributed by atoms with Gasteiger partial charge in [0.25, 0.3) is 0 Å². The molecule has 2 amide bonds. The number of amides is 2. The van der Waals surface area contributed by atoms with Gasteiger partial charge in [-0.3, -0.25) is 4.79 Å². The first-order chi connectivity index (χ1) is 9.60. The van der Waals surface area contributed by atoms with Gasteiger partial charge in [-0.2, -0.15) is 0 Å². The molecule has 21 heavy (non-hydrogen) atoms. The van der Waals surface area contributed by atoms with Crippen LogP contribution in [0.15, 0.2) is 18.2 Å². The summed E-state index contributed by atoms with van der Waals surface area (Å²) < 4.78 is 5.15. The SMILES string of the molecule is CN(CC(=O)Nc1c(Cl)cccc1Cl)C(=O)OC(C)(C)C. The topological polar surface area (TPSA) is 58.6 Å². The minimum Gasteiger partial charge on any atom is -0.444 e. The molecule has 1 aromatic rings. The Hall–Kier alpha value is -1.46. The monoisotopic (exact) mass is 332 g/mol. The van der Waals surface area contributed by atoms with Gasteiger partial charge in [-0.05, 0) is 32.9 Å². The quantitative estimate of drug-likeness (QED) is 0.915. The Morgan fingerprint density at radius 2 is 1.76 bits per heavy atom. The molecule has 0 aliphatic carbocycles. The lowest BCUT2D eigenvalue weighted by atomic mass is 10.2. The van der Waals surface area contributed by atoms with Crippen molar-refractivity contribution in [3.63, 3.8) is 0 Å². The molecule has 1 N–H and O–H groups in total. The molecule has 0 aliphatic heterocycles. The fourth-order valence-electron chi connectivity index (χ4n) is 1.42. The summed E-state index contributed by atoms with van der Waals surface area (Å²) in [7, 11) is 1.47. The Morgan fingerprint density at radius 1 is 1.24 bits per heavy atom. The van der Waals surface area contributed by atoms with Crippen LogP contribution >= 0.6 is 23.2 Å². The number of carbonyl (C=O) groups excluding carboxylic acids is 2.